The second-order valence-electron chi connectivity index (χ2n) is 5.67. The SMILES string of the molecule is COc1ccc(NC(N)=NCCNS(=O)(=O)c2ccc(C)cc2)cc1OC. The number of methoxy groups -OCH3 is 2. The smallest absolute Gasteiger partial charge is 0.240 e. The van der Waals surface area contributed by atoms with Gasteiger partial charge in [-0.05, 0) is 31.2 Å². The minimum Gasteiger partial charge on any atom is -0.493 e. The summed E-state index contributed by atoms with van der Waals surface area (Å²) in [5.74, 6) is 1.32. The molecule has 0 aliphatic carbocycles. The molecule has 4 N–H and O–H groups in total. The van der Waals surface area contributed by atoms with E-state index in [4.69, 9.17) is 15.2 Å². The van der Waals surface area contributed by atoms with Gasteiger partial charge in [0.15, 0.2) is 17.5 Å². The molecule has 2 rings (SSSR count). The van der Waals surface area contributed by atoms with Crippen molar-refractivity contribution in [3.05, 3.63) is 48.0 Å². The van der Waals surface area contributed by atoms with Gasteiger partial charge in [0, 0.05) is 18.3 Å². The topological polar surface area (TPSA) is 115 Å². The van der Waals surface area contributed by atoms with Crippen molar-refractivity contribution in [2.24, 2.45) is 10.7 Å². The molecule has 0 saturated heterocycles. The molecule has 9 heteroatoms. The Bertz CT molecular complexity index is 896. The number of aryl methyl sites for hydroxylation is 1. The molecule has 0 spiro atoms. The Balaban J connectivity index is 1.89. The number of nitrogens with zero attached hydrogens (tertiary/aromatic N) is 1. The van der Waals surface area contributed by atoms with Crippen LogP contribution in [0.3, 0.4) is 0 Å². The lowest BCUT2D eigenvalue weighted by Gasteiger charge is -2.11. The van der Waals surface area contributed by atoms with E-state index >= 15 is 0 Å². The molecule has 0 bridgehead atoms. The van der Waals surface area contributed by atoms with Crippen LogP contribution < -0.4 is 25.2 Å². The summed E-state index contributed by atoms with van der Waals surface area (Å²) in [4.78, 5) is 4.33. The molecule has 146 valence electrons. The number of ether oxygens (including phenoxy) is 2. The van der Waals surface area contributed by atoms with Gasteiger partial charge in [-0.2, -0.15) is 0 Å². The van der Waals surface area contributed by atoms with Crippen molar-refractivity contribution >= 4 is 21.7 Å². The summed E-state index contributed by atoms with van der Waals surface area (Å²) in [6, 6.07) is 11.9. The summed E-state index contributed by atoms with van der Waals surface area (Å²) in [6.45, 7) is 2.22. The molecule has 0 radical (unpaired) electrons. The molecule has 0 aromatic heterocycles. The summed E-state index contributed by atoms with van der Waals surface area (Å²) in [7, 11) is -0.467. The second kappa shape index (κ2) is 9.24. The molecule has 0 atom stereocenters. The Morgan fingerprint density at radius 3 is 2.37 bits per heavy atom. The molecule has 0 aliphatic heterocycles. The van der Waals surface area contributed by atoms with Gasteiger partial charge in [0.25, 0.3) is 0 Å². The second-order valence-corrected chi connectivity index (χ2v) is 7.44. The average molecular weight is 392 g/mol. The van der Waals surface area contributed by atoms with Crippen molar-refractivity contribution in [3.63, 3.8) is 0 Å². The highest BCUT2D eigenvalue weighted by Gasteiger charge is 2.12. The minimum absolute atomic E-state index is 0.129. The van der Waals surface area contributed by atoms with Gasteiger partial charge >= 0.3 is 0 Å². The summed E-state index contributed by atoms with van der Waals surface area (Å²) < 4.78 is 37.2. The predicted octanol–water partition coefficient (Wildman–Crippen LogP) is 1.72. The van der Waals surface area contributed by atoms with Gasteiger partial charge < -0.3 is 20.5 Å². The highest BCUT2D eigenvalue weighted by atomic mass is 32.2. The molecule has 0 amide bonds. The first-order chi connectivity index (χ1) is 12.9. The Hall–Kier alpha value is -2.78. The number of rotatable bonds is 8. The fraction of sp³-hybridized carbons (Fsp3) is 0.278. The molecule has 0 fully saturated rings. The van der Waals surface area contributed by atoms with E-state index in [1.54, 1.807) is 56.7 Å². The minimum atomic E-state index is -3.56. The number of anilines is 1. The number of nitrogens with two attached hydrogens (primary N) is 1. The van der Waals surface area contributed by atoms with Gasteiger partial charge in [0.05, 0.1) is 25.7 Å². The monoisotopic (exact) mass is 392 g/mol. The maximum atomic E-state index is 12.2. The fourth-order valence-electron chi connectivity index (χ4n) is 2.26. The number of hydrogen-bond donors (Lipinski definition) is 3. The van der Waals surface area contributed by atoms with E-state index in [0.717, 1.165) is 5.56 Å². The lowest BCUT2D eigenvalue weighted by molar-refractivity contribution is 0.355. The van der Waals surface area contributed by atoms with E-state index in [1.165, 1.54) is 0 Å². The summed E-state index contributed by atoms with van der Waals surface area (Å²) in [6.07, 6.45) is 0. The van der Waals surface area contributed by atoms with Crippen molar-refractivity contribution in [1.82, 2.24) is 4.72 Å². The van der Waals surface area contributed by atoms with Crippen LogP contribution in [-0.2, 0) is 10.0 Å². The molecular weight excluding hydrogens is 368 g/mol. The van der Waals surface area contributed by atoms with E-state index in [0.29, 0.717) is 17.2 Å². The van der Waals surface area contributed by atoms with E-state index < -0.39 is 10.0 Å². The third-order valence-corrected chi connectivity index (χ3v) is 5.15. The van der Waals surface area contributed by atoms with Crippen LogP contribution in [-0.4, -0.2) is 41.7 Å². The molecule has 0 aliphatic rings. The highest BCUT2D eigenvalue weighted by molar-refractivity contribution is 7.89. The van der Waals surface area contributed by atoms with Gasteiger partial charge in [-0.25, -0.2) is 13.1 Å². The third kappa shape index (κ3) is 5.87. The zero-order valence-electron chi connectivity index (χ0n) is 15.5. The van der Waals surface area contributed by atoms with Crippen LogP contribution in [0.15, 0.2) is 52.4 Å². The van der Waals surface area contributed by atoms with Crippen molar-refractivity contribution < 1.29 is 17.9 Å². The van der Waals surface area contributed by atoms with E-state index in [2.05, 4.69) is 15.0 Å². The van der Waals surface area contributed by atoms with Gasteiger partial charge in [-0.15, -0.1) is 0 Å². The normalized spacial score (nSPS) is 11.9. The van der Waals surface area contributed by atoms with Crippen molar-refractivity contribution in [2.75, 3.05) is 32.6 Å². The highest BCUT2D eigenvalue weighted by Crippen LogP contribution is 2.29. The summed E-state index contributed by atoms with van der Waals surface area (Å²) in [5.41, 5.74) is 7.50. The number of sulfonamides is 1. The van der Waals surface area contributed by atoms with E-state index in [9.17, 15) is 8.42 Å². The molecule has 27 heavy (non-hydrogen) atoms. The number of benzene rings is 2. The molecule has 0 saturated carbocycles. The maximum absolute atomic E-state index is 12.2. The van der Waals surface area contributed by atoms with Gasteiger partial charge in [-0.1, -0.05) is 17.7 Å². The quantitative estimate of drug-likeness (QED) is 0.358. The first kappa shape index (κ1) is 20.5. The van der Waals surface area contributed by atoms with Gasteiger partial charge in [-0.3, -0.25) is 4.99 Å². The molecular formula is C18H24N4O4S. The van der Waals surface area contributed by atoms with E-state index in [1.807, 2.05) is 6.92 Å². The maximum Gasteiger partial charge on any atom is 0.240 e. The first-order valence-corrected chi connectivity index (χ1v) is 9.69. The molecule has 0 heterocycles. The fourth-order valence-corrected chi connectivity index (χ4v) is 3.28. The lowest BCUT2D eigenvalue weighted by Crippen LogP contribution is -2.28. The van der Waals surface area contributed by atoms with Crippen LogP contribution in [0.1, 0.15) is 5.56 Å². The standard InChI is InChI=1S/C18H24N4O4S/c1-13-4-7-15(8-5-13)27(23,24)21-11-10-20-18(19)22-14-6-9-16(25-2)17(12-14)26-3/h4-9,12,21H,10-11H2,1-3H3,(H3,19,20,22). The Labute approximate surface area is 159 Å². The van der Waals surface area contributed by atoms with Crippen LogP contribution in [0.5, 0.6) is 11.5 Å². The van der Waals surface area contributed by atoms with Crippen LogP contribution in [0.4, 0.5) is 5.69 Å². The van der Waals surface area contributed by atoms with Crippen LogP contribution in [0, 0.1) is 6.92 Å². The molecule has 8 nitrogen and oxygen atoms in total. The van der Waals surface area contributed by atoms with E-state index in [-0.39, 0.29) is 23.9 Å². The Morgan fingerprint density at radius 2 is 1.74 bits per heavy atom. The Kier molecular flexibility index (Phi) is 7.03. The van der Waals surface area contributed by atoms with Gasteiger partial charge in [0.2, 0.25) is 10.0 Å². The summed E-state index contributed by atoms with van der Waals surface area (Å²) >= 11 is 0. The third-order valence-electron chi connectivity index (χ3n) is 3.67. The van der Waals surface area contributed by atoms with Crippen LogP contribution >= 0.6 is 0 Å². The zero-order valence-corrected chi connectivity index (χ0v) is 16.3. The lowest BCUT2D eigenvalue weighted by atomic mass is 10.2. The number of nitrogens with one attached hydrogen (secondary N) is 2. The van der Waals surface area contributed by atoms with Crippen molar-refractivity contribution in [2.45, 2.75) is 11.8 Å². The summed E-state index contributed by atoms with van der Waals surface area (Å²) in [5, 5.41) is 2.92. The number of guanidine groups is 1. The molecule has 0 unspecified atom stereocenters. The van der Waals surface area contributed by atoms with Crippen molar-refractivity contribution in [3.8, 4) is 11.5 Å². The van der Waals surface area contributed by atoms with Crippen LogP contribution in [0.25, 0.3) is 0 Å². The number of hydrogen-bond acceptors (Lipinski definition) is 5. The molecule has 2 aromatic carbocycles. The molecule has 2 aromatic rings. The largest absolute Gasteiger partial charge is 0.493 e. The average Bonchev–Trinajstić information content (AvgIpc) is 2.65. The first-order valence-electron chi connectivity index (χ1n) is 8.21. The number of aliphatic imine (C=N–C) groups is 1. The van der Waals surface area contributed by atoms with Crippen molar-refractivity contribution in [1.29, 1.82) is 0 Å². The predicted molar refractivity (Wildman–Crippen MR) is 106 cm³/mol. The van der Waals surface area contributed by atoms with Gasteiger partial charge in [0.1, 0.15) is 0 Å². The zero-order chi connectivity index (χ0) is 19.9. The Morgan fingerprint density at radius 1 is 1.07 bits per heavy atom. The van der Waals surface area contributed by atoms with Crippen LogP contribution in [0.2, 0.25) is 0 Å².